The summed E-state index contributed by atoms with van der Waals surface area (Å²) in [5, 5.41) is 0. The lowest BCUT2D eigenvalue weighted by atomic mass is 9.93. The number of fused-ring (bicyclic) bond motifs is 1. The van der Waals surface area contributed by atoms with Crippen molar-refractivity contribution in [3.8, 4) is 5.75 Å². The summed E-state index contributed by atoms with van der Waals surface area (Å²) in [6.45, 7) is 8.54. The normalized spacial score (nSPS) is 18.3. The van der Waals surface area contributed by atoms with Gasteiger partial charge in [0.05, 0.1) is 11.1 Å². The summed E-state index contributed by atoms with van der Waals surface area (Å²) in [7, 11) is 1.82. The molecule has 1 heterocycles. The number of anilines is 1. The summed E-state index contributed by atoms with van der Waals surface area (Å²) in [5.41, 5.74) is 1.61. The minimum absolute atomic E-state index is 0.0992. The lowest BCUT2D eigenvalue weighted by Crippen LogP contribution is -2.39. The summed E-state index contributed by atoms with van der Waals surface area (Å²) >= 11 is 0. The van der Waals surface area contributed by atoms with Crippen LogP contribution in [0, 0.1) is 5.41 Å². The summed E-state index contributed by atoms with van der Waals surface area (Å²) in [4.78, 5) is 14.1. The van der Waals surface area contributed by atoms with Gasteiger partial charge in [-0.05, 0) is 37.5 Å². The smallest absolute Gasteiger partial charge is 0.235 e. The molecule has 3 heteroatoms. The van der Waals surface area contributed by atoms with Crippen molar-refractivity contribution in [2.24, 2.45) is 5.41 Å². The largest absolute Gasteiger partial charge is 0.490 e. The number of amides is 1. The molecule has 0 fully saturated rings. The molecule has 2 rings (SSSR count). The van der Waals surface area contributed by atoms with E-state index < -0.39 is 5.41 Å². The van der Waals surface area contributed by atoms with Gasteiger partial charge in [0.25, 0.3) is 0 Å². The van der Waals surface area contributed by atoms with Gasteiger partial charge in [0.2, 0.25) is 5.91 Å². The van der Waals surface area contributed by atoms with Crippen LogP contribution in [0.5, 0.6) is 5.75 Å². The zero-order valence-electron chi connectivity index (χ0n) is 11.8. The molecule has 0 atom stereocenters. The molecule has 1 aliphatic heterocycles. The van der Waals surface area contributed by atoms with E-state index in [4.69, 9.17) is 4.74 Å². The van der Waals surface area contributed by atoms with Gasteiger partial charge in [0.1, 0.15) is 12.4 Å². The highest BCUT2D eigenvalue weighted by Gasteiger charge is 2.36. The van der Waals surface area contributed by atoms with Gasteiger partial charge in [0.15, 0.2) is 0 Å². The van der Waals surface area contributed by atoms with Gasteiger partial charge in [0, 0.05) is 7.05 Å². The first kappa shape index (κ1) is 12.9. The van der Waals surface area contributed by atoms with E-state index in [2.05, 4.69) is 26.0 Å². The Labute approximate surface area is 109 Å². The lowest BCUT2D eigenvalue weighted by Gasteiger charge is -2.24. The van der Waals surface area contributed by atoms with Gasteiger partial charge < -0.3 is 9.64 Å². The number of hydrogen-bond donors (Lipinski definition) is 0. The van der Waals surface area contributed by atoms with Crippen molar-refractivity contribution in [2.45, 2.75) is 33.6 Å². The molecule has 1 amide bonds. The second kappa shape index (κ2) is 4.30. The predicted molar refractivity (Wildman–Crippen MR) is 73.2 cm³/mol. The number of rotatable bonds is 1. The fourth-order valence-electron chi connectivity index (χ4n) is 2.16. The molecule has 0 N–H and O–H groups in total. The highest BCUT2D eigenvalue weighted by atomic mass is 16.5. The number of benzene rings is 1. The zero-order chi connectivity index (χ0) is 13.5. The summed E-state index contributed by atoms with van der Waals surface area (Å²) in [5.74, 6) is 1.33. The molecule has 18 heavy (non-hydrogen) atoms. The standard InChI is InChI=1S/C15H21NO2/c1-10(2)11-6-7-13-12(8-11)16(5)14(17)15(3,4)9-18-13/h6-8,10H,9H2,1-5H3. The average molecular weight is 247 g/mol. The van der Waals surface area contributed by atoms with Gasteiger partial charge in [-0.25, -0.2) is 0 Å². The minimum Gasteiger partial charge on any atom is -0.490 e. The number of hydrogen-bond acceptors (Lipinski definition) is 2. The fourth-order valence-corrected chi connectivity index (χ4v) is 2.16. The van der Waals surface area contributed by atoms with Gasteiger partial charge in [-0.15, -0.1) is 0 Å². The topological polar surface area (TPSA) is 29.5 Å². The number of ether oxygens (including phenoxy) is 1. The number of carbonyl (C=O) groups excluding carboxylic acids is 1. The summed E-state index contributed by atoms with van der Waals surface area (Å²) < 4.78 is 5.78. The van der Waals surface area contributed by atoms with E-state index in [9.17, 15) is 4.79 Å². The minimum atomic E-state index is -0.480. The highest BCUT2D eigenvalue weighted by Crippen LogP contribution is 2.37. The Morgan fingerprint density at radius 2 is 2.00 bits per heavy atom. The monoisotopic (exact) mass is 247 g/mol. The third kappa shape index (κ3) is 2.09. The first-order chi connectivity index (χ1) is 8.33. The first-order valence-corrected chi connectivity index (χ1v) is 6.38. The molecule has 0 radical (unpaired) electrons. The maximum atomic E-state index is 12.4. The van der Waals surface area contributed by atoms with E-state index in [1.54, 1.807) is 4.90 Å². The number of carbonyl (C=O) groups is 1. The van der Waals surface area contributed by atoms with Crippen LogP contribution in [0.25, 0.3) is 0 Å². The van der Waals surface area contributed by atoms with Crippen LogP contribution in [0.15, 0.2) is 18.2 Å². The van der Waals surface area contributed by atoms with Crippen LogP contribution < -0.4 is 9.64 Å². The van der Waals surface area contributed by atoms with Crippen LogP contribution in [0.2, 0.25) is 0 Å². The van der Waals surface area contributed by atoms with E-state index in [0.717, 1.165) is 11.4 Å². The summed E-state index contributed by atoms with van der Waals surface area (Å²) in [6.07, 6.45) is 0. The molecule has 0 bridgehead atoms. The highest BCUT2D eigenvalue weighted by molar-refractivity contribution is 5.98. The Bertz CT molecular complexity index is 477. The molecule has 0 unspecified atom stereocenters. The van der Waals surface area contributed by atoms with Crippen molar-refractivity contribution in [1.29, 1.82) is 0 Å². The van der Waals surface area contributed by atoms with E-state index in [1.807, 2.05) is 27.0 Å². The SMILES string of the molecule is CC(C)c1ccc2c(c1)N(C)C(=O)C(C)(C)CO2. The van der Waals surface area contributed by atoms with E-state index in [1.165, 1.54) is 5.56 Å². The average Bonchev–Trinajstić information content (AvgIpc) is 2.41. The van der Waals surface area contributed by atoms with Crippen LogP contribution in [-0.4, -0.2) is 19.6 Å². The van der Waals surface area contributed by atoms with Crippen LogP contribution in [-0.2, 0) is 4.79 Å². The van der Waals surface area contributed by atoms with Crippen molar-refractivity contribution in [3.63, 3.8) is 0 Å². The van der Waals surface area contributed by atoms with Crippen molar-refractivity contribution in [3.05, 3.63) is 23.8 Å². The van der Waals surface area contributed by atoms with Gasteiger partial charge >= 0.3 is 0 Å². The molecule has 1 aliphatic rings. The predicted octanol–water partition coefficient (Wildman–Crippen LogP) is 3.19. The second-order valence-corrected chi connectivity index (χ2v) is 5.92. The van der Waals surface area contributed by atoms with Crippen LogP contribution in [0.1, 0.15) is 39.2 Å². The lowest BCUT2D eigenvalue weighted by molar-refractivity contribution is -0.127. The second-order valence-electron chi connectivity index (χ2n) is 5.92. The van der Waals surface area contributed by atoms with Crippen molar-refractivity contribution >= 4 is 11.6 Å². The quantitative estimate of drug-likeness (QED) is 0.762. The Balaban J connectivity index is 2.49. The Kier molecular flexibility index (Phi) is 3.09. The van der Waals surface area contributed by atoms with Crippen molar-refractivity contribution < 1.29 is 9.53 Å². The van der Waals surface area contributed by atoms with Gasteiger partial charge in [-0.2, -0.15) is 0 Å². The molecule has 1 aromatic carbocycles. The fraction of sp³-hybridized carbons (Fsp3) is 0.533. The Morgan fingerprint density at radius 3 is 2.61 bits per heavy atom. The van der Waals surface area contributed by atoms with E-state index in [0.29, 0.717) is 12.5 Å². The Morgan fingerprint density at radius 1 is 1.33 bits per heavy atom. The molecule has 3 nitrogen and oxygen atoms in total. The third-order valence-corrected chi connectivity index (χ3v) is 3.48. The Hall–Kier alpha value is -1.51. The maximum Gasteiger partial charge on any atom is 0.235 e. The van der Waals surface area contributed by atoms with Crippen molar-refractivity contribution in [1.82, 2.24) is 0 Å². The third-order valence-electron chi connectivity index (χ3n) is 3.48. The van der Waals surface area contributed by atoms with Crippen LogP contribution in [0.4, 0.5) is 5.69 Å². The molecule has 0 aliphatic carbocycles. The zero-order valence-corrected chi connectivity index (χ0v) is 11.8. The van der Waals surface area contributed by atoms with Crippen LogP contribution >= 0.6 is 0 Å². The number of nitrogens with zero attached hydrogens (tertiary/aromatic N) is 1. The van der Waals surface area contributed by atoms with Crippen molar-refractivity contribution in [2.75, 3.05) is 18.6 Å². The molecule has 0 saturated heterocycles. The van der Waals surface area contributed by atoms with E-state index in [-0.39, 0.29) is 5.91 Å². The first-order valence-electron chi connectivity index (χ1n) is 6.38. The van der Waals surface area contributed by atoms with E-state index >= 15 is 0 Å². The molecule has 1 aromatic rings. The molecule has 0 spiro atoms. The molecular weight excluding hydrogens is 226 g/mol. The molecule has 0 aromatic heterocycles. The van der Waals surface area contributed by atoms with Crippen LogP contribution in [0.3, 0.4) is 0 Å². The molecular formula is C15H21NO2. The van der Waals surface area contributed by atoms with Gasteiger partial charge in [-0.3, -0.25) is 4.79 Å². The van der Waals surface area contributed by atoms with Gasteiger partial charge in [-0.1, -0.05) is 19.9 Å². The molecule has 98 valence electrons. The summed E-state index contributed by atoms with van der Waals surface area (Å²) in [6, 6.07) is 6.09. The maximum absolute atomic E-state index is 12.4. The molecule has 0 saturated carbocycles.